The minimum atomic E-state index is 0. The first-order valence-corrected chi connectivity index (χ1v) is 12.9. The second-order valence-electron chi connectivity index (χ2n) is 9.95. The number of ether oxygens (including phenoxy) is 2. The predicted octanol–water partition coefficient (Wildman–Crippen LogP) is 5.38. The summed E-state index contributed by atoms with van der Waals surface area (Å²) < 4.78 is 10.5. The van der Waals surface area contributed by atoms with Crippen LogP contribution in [0.5, 0.6) is 11.5 Å². The van der Waals surface area contributed by atoms with Crippen molar-refractivity contribution in [3.8, 4) is 34.0 Å². The first-order valence-electron chi connectivity index (χ1n) is 12.9. The van der Waals surface area contributed by atoms with Gasteiger partial charge in [0.2, 0.25) is 0 Å². The molecule has 0 amide bonds. The van der Waals surface area contributed by atoms with Crippen LogP contribution in [-0.4, -0.2) is 80.6 Å². The third kappa shape index (κ3) is 8.61. The van der Waals surface area contributed by atoms with E-state index in [4.69, 9.17) is 9.47 Å². The largest absolute Gasteiger partial charge is 2.00 e. The maximum absolute atomic E-state index is 5.24. The van der Waals surface area contributed by atoms with Crippen LogP contribution in [0.3, 0.4) is 0 Å². The van der Waals surface area contributed by atoms with E-state index in [1.807, 2.05) is 92.8 Å². The van der Waals surface area contributed by atoms with Gasteiger partial charge in [0.25, 0.3) is 0 Å². The van der Waals surface area contributed by atoms with Gasteiger partial charge in [-0.25, -0.2) is 0 Å². The number of nitrogens with zero attached hydrogens (tertiary/aromatic N) is 6. The van der Waals surface area contributed by atoms with E-state index >= 15 is 0 Å². The van der Waals surface area contributed by atoms with E-state index in [1.165, 1.54) is 0 Å². The van der Waals surface area contributed by atoms with Crippen molar-refractivity contribution in [2.75, 3.05) is 90.2 Å². The van der Waals surface area contributed by atoms with Crippen LogP contribution in [0, 0.1) is 12.1 Å². The molecule has 0 aliphatic carbocycles. The van der Waals surface area contributed by atoms with Gasteiger partial charge in [0.05, 0.1) is 14.2 Å². The van der Waals surface area contributed by atoms with E-state index < -0.39 is 0 Å². The van der Waals surface area contributed by atoms with Gasteiger partial charge in [0.1, 0.15) is 11.5 Å². The normalized spacial score (nSPS) is 10.0. The monoisotopic (exact) mass is 735 g/mol. The quantitative estimate of drug-likeness (QED) is 0.224. The second kappa shape index (κ2) is 15.3. The van der Waals surface area contributed by atoms with Crippen LogP contribution in [0.1, 0.15) is 0 Å². The molecule has 0 spiro atoms. The zero-order valence-corrected chi connectivity index (χ0v) is 27.9. The minimum Gasteiger partial charge on any atom is -0.497 e. The van der Waals surface area contributed by atoms with E-state index in [2.05, 4.69) is 53.8 Å². The van der Waals surface area contributed by atoms with E-state index in [9.17, 15) is 0 Å². The number of pyridine rings is 2. The fraction of sp³-hybridized carbons (Fsp3) is 0.312. The van der Waals surface area contributed by atoms with Crippen LogP contribution in [-0.2, 0) is 21.1 Å². The third-order valence-corrected chi connectivity index (χ3v) is 6.15. The Morgan fingerprint density at radius 1 is 0.537 bits per heavy atom. The van der Waals surface area contributed by atoms with Crippen molar-refractivity contribution in [3.63, 3.8) is 0 Å². The molecule has 0 atom stereocenters. The van der Waals surface area contributed by atoms with E-state index in [1.54, 1.807) is 26.6 Å². The predicted molar refractivity (Wildman–Crippen MR) is 167 cm³/mol. The van der Waals surface area contributed by atoms with Gasteiger partial charge in [-0.1, -0.05) is 0 Å². The summed E-state index contributed by atoms with van der Waals surface area (Å²) in [4.78, 5) is 17.0. The summed E-state index contributed by atoms with van der Waals surface area (Å²) in [5, 5.41) is 0. The molecule has 2 heterocycles. The van der Waals surface area contributed by atoms with Gasteiger partial charge in [-0.05, 0) is 86.6 Å². The average Bonchev–Trinajstić information content (AvgIpc) is 2.96. The molecular formula is C32H40N6O2Pt. The zero-order valence-electron chi connectivity index (χ0n) is 25.6. The van der Waals surface area contributed by atoms with Crippen LogP contribution < -0.4 is 29.1 Å². The molecular weight excluding hydrogens is 695 g/mol. The number of benzene rings is 2. The summed E-state index contributed by atoms with van der Waals surface area (Å²) in [6, 6.07) is 22.6. The van der Waals surface area contributed by atoms with E-state index in [-0.39, 0.29) is 21.1 Å². The Labute approximate surface area is 259 Å². The summed E-state index contributed by atoms with van der Waals surface area (Å²) in [5.41, 5.74) is 7.96. The maximum atomic E-state index is 5.24. The third-order valence-electron chi connectivity index (χ3n) is 6.15. The molecule has 0 N–H and O–H groups in total. The van der Waals surface area contributed by atoms with Gasteiger partial charge in [-0.2, -0.15) is 0 Å². The Morgan fingerprint density at radius 2 is 0.902 bits per heavy atom. The molecule has 2 aromatic heterocycles. The summed E-state index contributed by atoms with van der Waals surface area (Å²) >= 11 is 0. The Morgan fingerprint density at radius 3 is 1.20 bits per heavy atom. The number of rotatable bonds is 8. The standard InChI is InChI=1S/2C16H20N3O.Pt/c2*1-18(2)15-7-6-12(10-16(15)19(3)4)14-11-13(20-5)8-9-17-14;/h2*6-9,11H,1-5H3;/q2*-1;+2. The maximum Gasteiger partial charge on any atom is 2.00 e. The van der Waals surface area contributed by atoms with Crippen molar-refractivity contribution < 1.29 is 30.5 Å². The Hall–Kier alpha value is -3.77. The van der Waals surface area contributed by atoms with Crippen molar-refractivity contribution in [1.29, 1.82) is 0 Å². The SMILES string of the molecule is COc1ccnc(-c2[c-]c(N(C)C)c(N(C)C)cc2)c1.COc1ccnc(-c2[c-]c(N(C)C)c(N(C)C)cc2)c1.[Pt+2]. The summed E-state index contributed by atoms with van der Waals surface area (Å²) in [6.07, 6.45) is 3.49. The molecule has 0 radical (unpaired) electrons. The number of methoxy groups -OCH3 is 2. The number of anilines is 4. The first-order chi connectivity index (χ1) is 19.0. The number of aromatic nitrogens is 2. The molecule has 0 bridgehead atoms. The van der Waals surface area contributed by atoms with Gasteiger partial charge >= 0.3 is 21.1 Å². The van der Waals surface area contributed by atoms with Crippen molar-refractivity contribution in [3.05, 3.63) is 73.1 Å². The smallest absolute Gasteiger partial charge is 0.497 e. The van der Waals surface area contributed by atoms with Crippen LogP contribution in [0.2, 0.25) is 0 Å². The molecule has 220 valence electrons. The molecule has 0 saturated carbocycles. The molecule has 2 aromatic carbocycles. The Balaban J connectivity index is 0.000000280. The average molecular weight is 736 g/mol. The van der Waals surface area contributed by atoms with Crippen molar-refractivity contribution in [1.82, 2.24) is 9.97 Å². The first kappa shape index (κ1) is 33.4. The summed E-state index contributed by atoms with van der Waals surface area (Å²) in [7, 11) is 19.5. The van der Waals surface area contributed by atoms with Crippen molar-refractivity contribution in [2.45, 2.75) is 0 Å². The Bertz CT molecular complexity index is 1300. The van der Waals surface area contributed by atoms with Gasteiger partial charge in [0, 0.05) is 40.6 Å². The van der Waals surface area contributed by atoms with Gasteiger partial charge in [-0.3, -0.25) is 0 Å². The molecule has 4 rings (SSSR count). The molecule has 0 aliphatic rings. The summed E-state index contributed by atoms with van der Waals surface area (Å²) in [6.45, 7) is 0. The van der Waals surface area contributed by atoms with Gasteiger partial charge in [0.15, 0.2) is 0 Å². The number of hydrogen-bond donors (Lipinski definition) is 0. The van der Waals surface area contributed by atoms with Crippen molar-refractivity contribution >= 4 is 22.7 Å². The van der Waals surface area contributed by atoms with Crippen LogP contribution in [0.15, 0.2) is 60.9 Å². The van der Waals surface area contributed by atoms with Crippen LogP contribution in [0.25, 0.3) is 22.5 Å². The molecule has 8 nitrogen and oxygen atoms in total. The molecule has 9 heteroatoms. The fourth-order valence-corrected chi connectivity index (χ4v) is 4.02. The van der Waals surface area contributed by atoms with E-state index in [0.29, 0.717) is 0 Å². The molecule has 41 heavy (non-hydrogen) atoms. The topological polar surface area (TPSA) is 57.2 Å². The molecule has 0 saturated heterocycles. The van der Waals surface area contributed by atoms with E-state index in [0.717, 1.165) is 56.8 Å². The minimum absolute atomic E-state index is 0. The van der Waals surface area contributed by atoms with Gasteiger partial charge < -0.3 is 39.0 Å². The summed E-state index contributed by atoms with van der Waals surface area (Å²) in [5.74, 6) is 1.60. The number of hydrogen-bond acceptors (Lipinski definition) is 8. The fourth-order valence-electron chi connectivity index (χ4n) is 4.02. The molecule has 0 fully saturated rings. The van der Waals surface area contributed by atoms with Crippen LogP contribution in [0.4, 0.5) is 22.7 Å². The molecule has 4 aromatic rings. The second-order valence-corrected chi connectivity index (χ2v) is 9.95. The molecule has 0 unspecified atom stereocenters. The van der Waals surface area contributed by atoms with Crippen LogP contribution >= 0.6 is 0 Å². The zero-order chi connectivity index (χ0) is 29.4. The molecule has 0 aliphatic heterocycles. The Kier molecular flexibility index (Phi) is 12.5. The van der Waals surface area contributed by atoms with Crippen molar-refractivity contribution in [2.24, 2.45) is 0 Å². The van der Waals surface area contributed by atoms with Gasteiger partial charge in [-0.15, -0.1) is 47.5 Å².